The highest BCUT2D eigenvalue weighted by Crippen LogP contribution is 2.28. The van der Waals surface area contributed by atoms with E-state index in [4.69, 9.17) is 4.74 Å². The van der Waals surface area contributed by atoms with Crippen molar-refractivity contribution >= 4 is 27.3 Å². The molecule has 0 unspecified atom stereocenters. The number of ether oxygens (including phenoxy) is 1. The molecule has 1 saturated heterocycles. The van der Waals surface area contributed by atoms with Crippen molar-refractivity contribution in [3.05, 3.63) is 58.4 Å². The van der Waals surface area contributed by atoms with E-state index in [1.165, 1.54) is 30.5 Å². The number of nitrogens with zero attached hydrogens (tertiary/aromatic N) is 2. The van der Waals surface area contributed by atoms with Crippen molar-refractivity contribution in [2.24, 2.45) is 5.92 Å². The second kappa shape index (κ2) is 8.97. The molecule has 2 aromatic rings. The molecule has 0 saturated carbocycles. The van der Waals surface area contributed by atoms with E-state index >= 15 is 0 Å². The Morgan fingerprint density at radius 3 is 2.66 bits per heavy atom. The molecule has 3 rings (SSSR count). The SMILES string of the molecule is O=C(NS(=O)(=O)c1ccc(NCC2CCOCC2)c([N+](=O)[O-])c1)c1ccccn1. The Balaban J connectivity index is 1.77. The smallest absolute Gasteiger partial charge is 0.293 e. The lowest BCUT2D eigenvalue weighted by Crippen LogP contribution is -2.31. The van der Waals surface area contributed by atoms with Crippen molar-refractivity contribution in [1.29, 1.82) is 0 Å². The number of benzene rings is 1. The Hall–Kier alpha value is -3.05. The molecule has 0 radical (unpaired) electrons. The number of anilines is 1. The van der Waals surface area contributed by atoms with E-state index in [9.17, 15) is 23.3 Å². The van der Waals surface area contributed by atoms with Crippen LogP contribution in [-0.2, 0) is 14.8 Å². The number of nitro benzene ring substituents is 1. The first-order chi connectivity index (χ1) is 13.9. The van der Waals surface area contributed by atoms with Gasteiger partial charge in [-0.15, -0.1) is 0 Å². The van der Waals surface area contributed by atoms with Gasteiger partial charge in [0.25, 0.3) is 21.6 Å². The van der Waals surface area contributed by atoms with E-state index in [0.29, 0.717) is 25.7 Å². The van der Waals surface area contributed by atoms with E-state index < -0.39 is 20.9 Å². The molecule has 2 heterocycles. The van der Waals surface area contributed by atoms with Gasteiger partial charge in [-0.25, -0.2) is 13.1 Å². The van der Waals surface area contributed by atoms with Crippen molar-refractivity contribution in [3.63, 3.8) is 0 Å². The number of carbonyl (C=O) groups excluding carboxylic acids is 1. The van der Waals surface area contributed by atoms with Gasteiger partial charge in [-0.05, 0) is 43.0 Å². The van der Waals surface area contributed by atoms with Gasteiger partial charge in [-0.2, -0.15) is 0 Å². The van der Waals surface area contributed by atoms with Crippen molar-refractivity contribution in [2.45, 2.75) is 17.7 Å². The standard InChI is InChI=1S/C18H20N4O6S/c23-18(16-3-1-2-8-19-16)21-29(26,27)14-4-5-15(17(11-14)22(24)25)20-12-13-6-9-28-10-7-13/h1-5,8,11,13,20H,6-7,9-10,12H2,(H,21,23). The van der Waals surface area contributed by atoms with Gasteiger partial charge < -0.3 is 10.1 Å². The summed E-state index contributed by atoms with van der Waals surface area (Å²) in [6.45, 7) is 1.83. The normalized spacial score (nSPS) is 14.9. The van der Waals surface area contributed by atoms with Gasteiger partial charge in [0.1, 0.15) is 11.4 Å². The van der Waals surface area contributed by atoms with Crippen molar-refractivity contribution < 1.29 is 22.9 Å². The third-order valence-electron chi connectivity index (χ3n) is 4.52. The van der Waals surface area contributed by atoms with Crippen LogP contribution < -0.4 is 10.0 Å². The fraction of sp³-hybridized carbons (Fsp3) is 0.333. The zero-order valence-corrected chi connectivity index (χ0v) is 16.2. The Morgan fingerprint density at radius 2 is 2.00 bits per heavy atom. The van der Waals surface area contributed by atoms with Crippen LogP contribution in [0.15, 0.2) is 47.5 Å². The van der Waals surface area contributed by atoms with E-state index in [2.05, 4.69) is 10.3 Å². The minimum Gasteiger partial charge on any atom is -0.381 e. The van der Waals surface area contributed by atoms with Crippen LogP contribution in [0.4, 0.5) is 11.4 Å². The highest BCUT2D eigenvalue weighted by molar-refractivity contribution is 7.90. The maximum atomic E-state index is 12.5. The van der Waals surface area contributed by atoms with Crippen LogP contribution in [0.2, 0.25) is 0 Å². The van der Waals surface area contributed by atoms with Gasteiger partial charge in [0.15, 0.2) is 0 Å². The van der Waals surface area contributed by atoms with Crippen molar-refractivity contribution in [1.82, 2.24) is 9.71 Å². The van der Waals surface area contributed by atoms with Crippen LogP contribution in [0, 0.1) is 16.0 Å². The maximum Gasteiger partial charge on any atom is 0.293 e. The van der Waals surface area contributed by atoms with Crippen molar-refractivity contribution in [3.8, 4) is 0 Å². The topological polar surface area (TPSA) is 141 Å². The zero-order chi connectivity index (χ0) is 20.9. The van der Waals surface area contributed by atoms with Gasteiger partial charge in [0.2, 0.25) is 0 Å². The monoisotopic (exact) mass is 420 g/mol. The lowest BCUT2D eigenvalue weighted by Gasteiger charge is -2.22. The summed E-state index contributed by atoms with van der Waals surface area (Å²) in [6, 6.07) is 7.96. The number of carbonyl (C=O) groups is 1. The molecule has 1 aromatic carbocycles. The molecule has 154 valence electrons. The third kappa shape index (κ3) is 5.27. The first kappa shape index (κ1) is 20.7. The quantitative estimate of drug-likeness (QED) is 0.511. The number of aromatic nitrogens is 1. The number of hydrogen-bond acceptors (Lipinski definition) is 8. The number of rotatable bonds is 7. The molecule has 11 heteroatoms. The van der Waals surface area contributed by atoms with Crippen LogP contribution in [0.3, 0.4) is 0 Å². The molecule has 0 spiro atoms. The van der Waals surface area contributed by atoms with Gasteiger partial charge in [0.05, 0.1) is 9.82 Å². The average Bonchev–Trinajstić information content (AvgIpc) is 2.73. The zero-order valence-electron chi connectivity index (χ0n) is 15.4. The molecule has 1 amide bonds. The van der Waals surface area contributed by atoms with Gasteiger partial charge >= 0.3 is 0 Å². The fourth-order valence-corrected chi connectivity index (χ4v) is 3.89. The summed E-state index contributed by atoms with van der Waals surface area (Å²) >= 11 is 0. The molecule has 1 aliphatic rings. The molecular weight excluding hydrogens is 400 g/mol. The van der Waals surface area contributed by atoms with Crippen LogP contribution in [0.5, 0.6) is 0 Å². The lowest BCUT2D eigenvalue weighted by atomic mass is 10.0. The summed E-state index contributed by atoms with van der Waals surface area (Å²) in [5.41, 5.74) is -0.248. The van der Waals surface area contributed by atoms with Crippen LogP contribution in [0.25, 0.3) is 0 Å². The Bertz CT molecular complexity index is 991. The molecule has 1 fully saturated rings. The minimum atomic E-state index is -4.30. The van der Waals surface area contributed by atoms with Crippen LogP contribution in [0.1, 0.15) is 23.3 Å². The van der Waals surface area contributed by atoms with Gasteiger partial charge in [-0.3, -0.25) is 19.9 Å². The first-order valence-corrected chi connectivity index (χ1v) is 10.4. The fourth-order valence-electron chi connectivity index (χ4n) is 2.91. The Kier molecular flexibility index (Phi) is 6.39. The number of hydrogen-bond donors (Lipinski definition) is 2. The largest absolute Gasteiger partial charge is 0.381 e. The predicted octanol–water partition coefficient (Wildman–Crippen LogP) is 1.95. The molecular formula is C18H20N4O6S. The molecule has 0 aliphatic carbocycles. The number of amides is 1. The number of sulfonamides is 1. The first-order valence-electron chi connectivity index (χ1n) is 8.95. The van der Waals surface area contributed by atoms with E-state index in [0.717, 1.165) is 18.9 Å². The Labute approximate surface area is 167 Å². The molecule has 2 N–H and O–H groups in total. The predicted molar refractivity (Wildman–Crippen MR) is 104 cm³/mol. The molecule has 29 heavy (non-hydrogen) atoms. The van der Waals surface area contributed by atoms with E-state index in [1.807, 2.05) is 4.72 Å². The second-order valence-electron chi connectivity index (χ2n) is 6.52. The van der Waals surface area contributed by atoms with E-state index in [-0.39, 0.29) is 22.0 Å². The molecule has 1 aliphatic heterocycles. The van der Waals surface area contributed by atoms with E-state index in [1.54, 1.807) is 6.07 Å². The summed E-state index contributed by atoms with van der Waals surface area (Å²) in [5, 5.41) is 14.5. The number of nitrogens with one attached hydrogen (secondary N) is 2. The average molecular weight is 420 g/mol. The minimum absolute atomic E-state index is 0.0830. The number of nitro groups is 1. The summed E-state index contributed by atoms with van der Waals surface area (Å²) in [5.74, 6) is -0.598. The number of pyridine rings is 1. The molecule has 10 nitrogen and oxygen atoms in total. The highest BCUT2D eigenvalue weighted by atomic mass is 32.2. The lowest BCUT2D eigenvalue weighted by molar-refractivity contribution is -0.384. The van der Waals surface area contributed by atoms with Gasteiger partial charge in [0, 0.05) is 32.0 Å². The summed E-state index contributed by atoms with van der Waals surface area (Å²) in [6.07, 6.45) is 3.06. The van der Waals surface area contributed by atoms with Gasteiger partial charge in [-0.1, -0.05) is 6.07 Å². The van der Waals surface area contributed by atoms with Crippen molar-refractivity contribution in [2.75, 3.05) is 25.1 Å². The summed E-state index contributed by atoms with van der Waals surface area (Å²) < 4.78 is 32.1. The summed E-state index contributed by atoms with van der Waals surface area (Å²) in [4.78, 5) is 26.3. The summed E-state index contributed by atoms with van der Waals surface area (Å²) in [7, 11) is -4.30. The molecule has 0 atom stereocenters. The molecule has 1 aromatic heterocycles. The maximum absolute atomic E-state index is 12.5. The third-order valence-corrected chi connectivity index (χ3v) is 5.85. The second-order valence-corrected chi connectivity index (χ2v) is 8.20. The molecule has 0 bridgehead atoms. The highest BCUT2D eigenvalue weighted by Gasteiger charge is 2.24. The Morgan fingerprint density at radius 1 is 1.24 bits per heavy atom. The van der Waals surface area contributed by atoms with Crippen LogP contribution >= 0.6 is 0 Å². The van der Waals surface area contributed by atoms with Crippen LogP contribution in [-0.4, -0.2) is 44.0 Å².